The van der Waals surface area contributed by atoms with Crippen molar-refractivity contribution in [1.29, 1.82) is 0 Å². The third kappa shape index (κ3) is 11.0. The van der Waals surface area contributed by atoms with Crippen LogP contribution in [0.5, 0.6) is 0 Å². The summed E-state index contributed by atoms with van der Waals surface area (Å²) >= 11 is 0. The lowest BCUT2D eigenvalue weighted by Gasteiger charge is -2.14. The molecule has 2 heteroatoms. The second-order valence-electron chi connectivity index (χ2n) is 8.86. The summed E-state index contributed by atoms with van der Waals surface area (Å²) in [7, 11) is 0. The average molecular weight is 378 g/mol. The van der Waals surface area contributed by atoms with E-state index in [9.17, 15) is 0 Å². The number of unbranched alkanes of at least 4 members (excludes halogenated alkanes) is 12. The van der Waals surface area contributed by atoms with E-state index in [-0.39, 0.29) is 0 Å². The number of hydrogen-bond acceptors (Lipinski definition) is 0. The van der Waals surface area contributed by atoms with Crippen molar-refractivity contribution >= 4 is 0 Å². The summed E-state index contributed by atoms with van der Waals surface area (Å²) in [6.07, 6.45) is 27.0. The van der Waals surface area contributed by atoms with Crippen molar-refractivity contribution in [3.63, 3.8) is 0 Å². The molecule has 1 N–H and O–H groups in total. The van der Waals surface area contributed by atoms with Gasteiger partial charge in [0.25, 0.3) is 5.82 Å². The molecular weight excluding hydrogens is 328 g/mol. The number of imidazole rings is 1. The van der Waals surface area contributed by atoms with Gasteiger partial charge in [-0.05, 0) is 26.7 Å². The van der Waals surface area contributed by atoms with Crippen LogP contribution in [0.15, 0.2) is 12.4 Å². The van der Waals surface area contributed by atoms with Crippen LogP contribution in [0.4, 0.5) is 0 Å². The van der Waals surface area contributed by atoms with Gasteiger partial charge in [0.2, 0.25) is 0 Å². The van der Waals surface area contributed by atoms with E-state index < -0.39 is 0 Å². The van der Waals surface area contributed by atoms with Crippen molar-refractivity contribution in [2.24, 2.45) is 0 Å². The first-order chi connectivity index (χ1) is 13.2. The van der Waals surface area contributed by atoms with Crippen LogP contribution < -0.4 is 4.57 Å². The molecule has 1 aromatic rings. The van der Waals surface area contributed by atoms with Gasteiger partial charge in [-0.25, -0.2) is 9.55 Å². The second-order valence-corrected chi connectivity index (χ2v) is 8.86. The average Bonchev–Trinajstić information content (AvgIpc) is 3.14. The fourth-order valence-electron chi connectivity index (χ4n) is 4.31. The van der Waals surface area contributed by atoms with Crippen LogP contribution in [0.25, 0.3) is 0 Å². The van der Waals surface area contributed by atoms with E-state index in [0.717, 1.165) is 0 Å². The van der Waals surface area contributed by atoms with Gasteiger partial charge in [0.15, 0.2) is 0 Å². The quantitative estimate of drug-likeness (QED) is 0.196. The summed E-state index contributed by atoms with van der Waals surface area (Å²) in [5.74, 6) is 2.16. The molecule has 0 spiro atoms. The summed E-state index contributed by atoms with van der Waals surface area (Å²) < 4.78 is 2.43. The Kier molecular flexibility index (Phi) is 14.5. The lowest BCUT2D eigenvalue weighted by atomic mass is 9.94. The Morgan fingerprint density at radius 1 is 0.704 bits per heavy atom. The lowest BCUT2D eigenvalue weighted by Crippen LogP contribution is -2.39. The lowest BCUT2D eigenvalue weighted by molar-refractivity contribution is -0.723. The molecule has 0 bridgehead atoms. The second kappa shape index (κ2) is 16.2. The minimum atomic E-state index is 0.553. The van der Waals surface area contributed by atoms with Gasteiger partial charge in [0, 0.05) is 0 Å². The van der Waals surface area contributed by atoms with E-state index in [1.165, 1.54) is 109 Å². The van der Waals surface area contributed by atoms with E-state index in [0.29, 0.717) is 12.0 Å². The standard InChI is InChI=1S/C25H48N2/c1-5-7-8-9-10-11-12-13-14-15-16-17-18-20-24(19-6-2)25-26-21-22-27(25)23(3)4/h21-24H,5-20H2,1-4H3/p+1/t24-/m0/s1. The molecule has 0 radical (unpaired) electrons. The Bertz CT molecular complexity index is 435. The maximum absolute atomic E-state index is 3.53. The minimum absolute atomic E-state index is 0.553. The van der Waals surface area contributed by atoms with Gasteiger partial charge in [-0.15, -0.1) is 0 Å². The smallest absolute Gasteiger partial charge is 0.247 e. The predicted molar refractivity (Wildman–Crippen MR) is 119 cm³/mol. The fraction of sp³-hybridized carbons (Fsp3) is 0.880. The third-order valence-electron chi connectivity index (χ3n) is 5.98. The molecule has 0 aliphatic rings. The van der Waals surface area contributed by atoms with Gasteiger partial charge in [-0.1, -0.05) is 104 Å². The number of nitrogens with one attached hydrogen (secondary N) is 1. The van der Waals surface area contributed by atoms with E-state index in [1.54, 1.807) is 0 Å². The fourth-order valence-corrected chi connectivity index (χ4v) is 4.31. The first-order valence-corrected chi connectivity index (χ1v) is 12.3. The zero-order valence-electron chi connectivity index (χ0n) is 19.1. The van der Waals surface area contributed by atoms with Crippen molar-refractivity contribution < 1.29 is 4.57 Å². The van der Waals surface area contributed by atoms with E-state index in [1.807, 2.05) is 0 Å². The molecule has 0 aromatic carbocycles. The number of aromatic amines is 1. The molecule has 1 aromatic heterocycles. The molecule has 1 heterocycles. The van der Waals surface area contributed by atoms with Crippen molar-refractivity contribution in [1.82, 2.24) is 4.98 Å². The highest BCUT2D eigenvalue weighted by molar-refractivity contribution is 4.90. The first-order valence-electron chi connectivity index (χ1n) is 12.3. The van der Waals surface area contributed by atoms with Gasteiger partial charge < -0.3 is 0 Å². The highest BCUT2D eigenvalue weighted by Gasteiger charge is 2.23. The Labute approximate surface area is 170 Å². The zero-order chi connectivity index (χ0) is 19.7. The minimum Gasteiger partial charge on any atom is -0.247 e. The molecule has 0 saturated heterocycles. The highest BCUT2D eigenvalue weighted by Crippen LogP contribution is 2.25. The van der Waals surface area contributed by atoms with Gasteiger partial charge in [-0.2, -0.15) is 0 Å². The Morgan fingerprint density at radius 2 is 1.22 bits per heavy atom. The molecular formula is C25H49N2+. The molecule has 0 fully saturated rings. The topological polar surface area (TPSA) is 19.7 Å². The summed E-state index contributed by atoms with van der Waals surface area (Å²) in [6.45, 7) is 9.18. The Hall–Kier alpha value is -0.790. The zero-order valence-corrected chi connectivity index (χ0v) is 19.1. The van der Waals surface area contributed by atoms with Crippen LogP contribution in [-0.2, 0) is 0 Å². The number of H-pyrrole nitrogens is 1. The number of rotatable bonds is 18. The monoisotopic (exact) mass is 377 g/mol. The van der Waals surface area contributed by atoms with E-state index in [2.05, 4.69) is 49.6 Å². The summed E-state index contributed by atoms with van der Waals surface area (Å²) in [5, 5.41) is 0. The largest absolute Gasteiger partial charge is 0.257 e. The molecule has 0 unspecified atom stereocenters. The van der Waals surface area contributed by atoms with E-state index >= 15 is 0 Å². The summed E-state index contributed by atoms with van der Waals surface area (Å²) in [5.41, 5.74) is 0. The van der Waals surface area contributed by atoms with Crippen molar-refractivity contribution in [2.75, 3.05) is 0 Å². The Balaban J connectivity index is 2.06. The summed E-state index contributed by atoms with van der Waals surface area (Å²) in [4.78, 5) is 3.53. The van der Waals surface area contributed by atoms with Crippen molar-refractivity contribution in [2.45, 2.75) is 142 Å². The SMILES string of the molecule is CCCCCCCCCCCCCCC[C@H](CCC)c1[nH]cc[n+]1C(C)C. The highest BCUT2D eigenvalue weighted by atomic mass is 15.1. The van der Waals surface area contributed by atoms with Crippen LogP contribution in [0.3, 0.4) is 0 Å². The molecule has 0 aliphatic carbocycles. The number of aromatic nitrogens is 2. The first kappa shape index (κ1) is 24.2. The van der Waals surface area contributed by atoms with Gasteiger partial charge in [0.1, 0.15) is 12.4 Å². The van der Waals surface area contributed by atoms with Gasteiger partial charge in [0.05, 0.1) is 12.0 Å². The number of nitrogens with zero attached hydrogens (tertiary/aromatic N) is 1. The molecule has 0 amide bonds. The molecule has 0 saturated carbocycles. The van der Waals surface area contributed by atoms with Crippen LogP contribution in [-0.4, -0.2) is 4.98 Å². The molecule has 158 valence electrons. The number of hydrogen-bond donors (Lipinski definition) is 1. The molecule has 1 rings (SSSR count). The van der Waals surface area contributed by atoms with Gasteiger partial charge >= 0.3 is 0 Å². The van der Waals surface area contributed by atoms with Crippen LogP contribution in [0.1, 0.15) is 148 Å². The molecule has 0 aliphatic heterocycles. The summed E-state index contributed by atoms with van der Waals surface area (Å²) in [6, 6.07) is 0.553. The van der Waals surface area contributed by atoms with Crippen LogP contribution in [0.2, 0.25) is 0 Å². The van der Waals surface area contributed by atoms with Crippen LogP contribution >= 0.6 is 0 Å². The van der Waals surface area contributed by atoms with E-state index in [4.69, 9.17) is 0 Å². The Morgan fingerprint density at radius 3 is 1.70 bits per heavy atom. The normalized spacial score (nSPS) is 12.8. The molecule has 1 atom stereocenters. The predicted octanol–water partition coefficient (Wildman–Crippen LogP) is 8.25. The van der Waals surface area contributed by atoms with Gasteiger partial charge in [-0.3, -0.25) is 0 Å². The van der Waals surface area contributed by atoms with Crippen LogP contribution in [0, 0.1) is 0 Å². The molecule has 27 heavy (non-hydrogen) atoms. The third-order valence-corrected chi connectivity index (χ3v) is 5.98. The maximum atomic E-state index is 3.53. The maximum Gasteiger partial charge on any atom is 0.257 e. The van der Waals surface area contributed by atoms with Crippen molar-refractivity contribution in [3.05, 3.63) is 18.2 Å². The van der Waals surface area contributed by atoms with Crippen molar-refractivity contribution in [3.8, 4) is 0 Å². The molecule has 2 nitrogen and oxygen atoms in total.